The first-order valence-corrected chi connectivity index (χ1v) is 9.08. The van der Waals surface area contributed by atoms with Gasteiger partial charge in [-0.1, -0.05) is 30.3 Å². The Hall–Kier alpha value is -2.90. The monoisotopic (exact) mass is 344 g/mol. The molecule has 3 aromatic rings. The molecule has 0 saturated heterocycles. The highest BCUT2D eigenvalue weighted by Gasteiger charge is 2.33. The van der Waals surface area contributed by atoms with Gasteiger partial charge in [-0.15, -0.1) is 11.3 Å². The normalized spacial score (nSPS) is 16.1. The summed E-state index contributed by atoms with van der Waals surface area (Å²) in [6.07, 6.45) is 0.887. The fraction of sp³-hybridized carbons (Fsp3) is 0.143. The third-order valence-corrected chi connectivity index (χ3v) is 5.60. The van der Waals surface area contributed by atoms with Crippen LogP contribution in [0.5, 0.6) is 0 Å². The van der Waals surface area contributed by atoms with Gasteiger partial charge in [0, 0.05) is 17.0 Å². The average molecular weight is 344 g/mol. The van der Waals surface area contributed by atoms with E-state index in [0.717, 1.165) is 12.0 Å². The lowest BCUT2D eigenvalue weighted by Crippen LogP contribution is -2.40. The molecule has 25 heavy (non-hydrogen) atoms. The highest BCUT2D eigenvalue weighted by atomic mass is 32.1. The predicted molar refractivity (Wildman–Crippen MR) is 98.5 cm³/mol. The van der Waals surface area contributed by atoms with Crippen LogP contribution in [0.15, 0.2) is 66.0 Å². The number of hydrogen-bond acceptors (Lipinski definition) is 3. The number of carbonyl (C=O) groups excluding carboxylic acids is 1. The van der Waals surface area contributed by atoms with Crippen molar-refractivity contribution in [1.29, 1.82) is 5.26 Å². The molecule has 122 valence electrons. The second-order valence-corrected chi connectivity index (χ2v) is 7.05. The number of carbonyl (C=O) groups is 1. The summed E-state index contributed by atoms with van der Waals surface area (Å²) in [6, 6.07) is 21.2. The summed E-state index contributed by atoms with van der Waals surface area (Å²) in [6.45, 7) is 0.700. The van der Waals surface area contributed by atoms with Crippen LogP contribution in [-0.2, 0) is 6.42 Å². The molecule has 4 heteroatoms. The van der Waals surface area contributed by atoms with E-state index in [1.165, 1.54) is 10.4 Å². The largest absolute Gasteiger partial charge is 0.327 e. The molecule has 3 nitrogen and oxygen atoms in total. The van der Waals surface area contributed by atoms with Crippen molar-refractivity contribution in [2.24, 2.45) is 0 Å². The molecule has 0 fully saturated rings. The van der Waals surface area contributed by atoms with Crippen LogP contribution in [0.2, 0.25) is 0 Å². The summed E-state index contributed by atoms with van der Waals surface area (Å²) in [5.41, 5.74) is 3.54. The van der Waals surface area contributed by atoms with Crippen molar-refractivity contribution in [3.8, 4) is 6.07 Å². The molecule has 4 rings (SSSR count). The van der Waals surface area contributed by atoms with Crippen LogP contribution in [0.4, 0.5) is 0 Å². The number of nitriles is 1. The summed E-state index contributed by atoms with van der Waals surface area (Å²) in [4.78, 5) is 16.5. The van der Waals surface area contributed by atoms with Crippen LogP contribution in [0, 0.1) is 11.3 Å². The van der Waals surface area contributed by atoms with Crippen LogP contribution in [-0.4, -0.2) is 17.4 Å². The molecule has 1 aliphatic heterocycles. The van der Waals surface area contributed by atoms with E-state index in [1.54, 1.807) is 35.6 Å². The summed E-state index contributed by atoms with van der Waals surface area (Å²) in [5.74, 6) is 0.00944. The van der Waals surface area contributed by atoms with Gasteiger partial charge >= 0.3 is 0 Å². The first kappa shape index (κ1) is 15.6. The number of rotatable bonds is 2. The zero-order chi connectivity index (χ0) is 17.2. The third-order valence-electron chi connectivity index (χ3n) is 4.60. The molecule has 0 unspecified atom stereocenters. The van der Waals surface area contributed by atoms with Crippen molar-refractivity contribution >= 4 is 17.2 Å². The van der Waals surface area contributed by atoms with Gasteiger partial charge in [-0.05, 0) is 53.3 Å². The van der Waals surface area contributed by atoms with Gasteiger partial charge in [0.25, 0.3) is 5.91 Å². The molecule has 1 aromatic heterocycles. The van der Waals surface area contributed by atoms with Gasteiger partial charge in [0.05, 0.1) is 17.7 Å². The molecule has 1 atom stereocenters. The molecule has 0 spiro atoms. The first-order chi connectivity index (χ1) is 12.3. The quantitative estimate of drug-likeness (QED) is 0.691. The van der Waals surface area contributed by atoms with Crippen molar-refractivity contribution in [3.05, 3.63) is 93.2 Å². The Morgan fingerprint density at radius 3 is 2.56 bits per heavy atom. The fourth-order valence-electron chi connectivity index (χ4n) is 3.38. The third kappa shape index (κ3) is 2.84. The van der Waals surface area contributed by atoms with Crippen molar-refractivity contribution in [1.82, 2.24) is 4.90 Å². The summed E-state index contributed by atoms with van der Waals surface area (Å²) in [7, 11) is 0. The standard InChI is InChI=1S/C21H16N2OS/c22-14-15-6-8-17(9-7-15)21(24)23-12-10-19-18(11-13-25-19)20(23)16-4-2-1-3-5-16/h1-9,11,13,20H,10,12H2/t20-/m0/s1. The van der Waals surface area contributed by atoms with Crippen LogP contribution in [0.3, 0.4) is 0 Å². The van der Waals surface area contributed by atoms with Gasteiger partial charge in [-0.2, -0.15) is 5.26 Å². The lowest BCUT2D eigenvalue weighted by molar-refractivity contribution is 0.0696. The Morgan fingerprint density at radius 1 is 1.08 bits per heavy atom. The molecule has 1 aliphatic rings. The van der Waals surface area contributed by atoms with E-state index in [1.807, 2.05) is 23.1 Å². The van der Waals surface area contributed by atoms with Crippen molar-refractivity contribution in [2.45, 2.75) is 12.5 Å². The Kier molecular flexibility index (Phi) is 4.09. The minimum atomic E-state index is -0.0562. The molecule has 0 radical (unpaired) electrons. The molecule has 0 bridgehead atoms. The topological polar surface area (TPSA) is 44.1 Å². The molecular formula is C21H16N2OS. The molecule has 2 heterocycles. The van der Waals surface area contributed by atoms with Gasteiger partial charge < -0.3 is 4.90 Å². The zero-order valence-corrected chi connectivity index (χ0v) is 14.4. The molecular weight excluding hydrogens is 328 g/mol. The van der Waals surface area contributed by atoms with Gasteiger partial charge in [0.1, 0.15) is 0 Å². The lowest BCUT2D eigenvalue weighted by atomic mass is 9.92. The maximum Gasteiger partial charge on any atom is 0.254 e. The zero-order valence-electron chi connectivity index (χ0n) is 13.6. The number of hydrogen-bond donors (Lipinski definition) is 0. The maximum atomic E-state index is 13.2. The van der Waals surface area contributed by atoms with Crippen LogP contribution < -0.4 is 0 Å². The average Bonchev–Trinajstić information content (AvgIpc) is 3.16. The van der Waals surface area contributed by atoms with E-state index in [2.05, 4.69) is 29.6 Å². The van der Waals surface area contributed by atoms with Crippen LogP contribution in [0.25, 0.3) is 0 Å². The Labute approximate surface area is 150 Å². The number of nitrogens with zero attached hydrogens (tertiary/aromatic N) is 2. The lowest BCUT2D eigenvalue weighted by Gasteiger charge is -2.36. The number of thiophene rings is 1. The highest BCUT2D eigenvalue weighted by molar-refractivity contribution is 7.10. The molecule has 0 saturated carbocycles. The van der Waals surface area contributed by atoms with Gasteiger partial charge in [0.2, 0.25) is 0 Å². The second kappa shape index (κ2) is 6.54. The van der Waals surface area contributed by atoms with Gasteiger partial charge in [-0.3, -0.25) is 4.79 Å². The van der Waals surface area contributed by atoms with E-state index in [0.29, 0.717) is 17.7 Å². The highest BCUT2D eigenvalue weighted by Crippen LogP contribution is 2.38. The number of benzene rings is 2. The van der Waals surface area contributed by atoms with E-state index >= 15 is 0 Å². The van der Waals surface area contributed by atoms with E-state index in [4.69, 9.17) is 5.26 Å². The minimum Gasteiger partial charge on any atom is -0.327 e. The van der Waals surface area contributed by atoms with Crippen molar-refractivity contribution < 1.29 is 4.79 Å². The summed E-state index contributed by atoms with van der Waals surface area (Å²) >= 11 is 1.76. The number of fused-ring (bicyclic) bond motifs is 1. The number of amides is 1. The second-order valence-electron chi connectivity index (χ2n) is 6.05. The van der Waals surface area contributed by atoms with E-state index < -0.39 is 0 Å². The summed E-state index contributed by atoms with van der Waals surface area (Å²) in [5, 5.41) is 11.1. The molecule has 0 aliphatic carbocycles. The smallest absolute Gasteiger partial charge is 0.254 e. The molecule has 0 N–H and O–H groups in total. The Morgan fingerprint density at radius 2 is 1.84 bits per heavy atom. The van der Waals surface area contributed by atoms with Gasteiger partial charge in [0.15, 0.2) is 0 Å². The van der Waals surface area contributed by atoms with Crippen molar-refractivity contribution in [2.75, 3.05) is 6.54 Å². The first-order valence-electron chi connectivity index (χ1n) is 8.20. The van der Waals surface area contributed by atoms with Crippen LogP contribution in [0.1, 0.15) is 38.0 Å². The Bertz CT molecular complexity index is 938. The summed E-state index contributed by atoms with van der Waals surface area (Å²) < 4.78 is 0. The van der Waals surface area contributed by atoms with E-state index in [-0.39, 0.29) is 11.9 Å². The minimum absolute atomic E-state index is 0.00944. The Balaban J connectivity index is 1.74. The molecule has 1 amide bonds. The SMILES string of the molecule is N#Cc1ccc(C(=O)N2CCc3sccc3[C@@H]2c2ccccc2)cc1. The maximum absolute atomic E-state index is 13.2. The predicted octanol–water partition coefficient (Wildman–Crippen LogP) is 4.41. The van der Waals surface area contributed by atoms with Gasteiger partial charge in [-0.25, -0.2) is 0 Å². The van der Waals surface area contributed by atoms with E-state index in [9.17, 15) is 4.79 Å². The van der Waals surface area contributed by atoms with Crippen molar-refractivity contribution in [3.63, 3.8) is 0 Å². The fourth-order valence-corrected chi connectivity index (χ4v) is 4.29. The molecule has 2 aromatic carbocycles. The van der Waals surface area contributed by atoms with Crippen LogP contribution >= 0.6 is 11.3 Å².